The summed E-state index contributed by atoms with van der Waals surface area (Å²) in [7, 11) is 0. The largest absolute Gasteiger partial charge is 0.481 e. The van der Waals surface area contributed by atoms with Crippen LogP contribution in [0.3, 0.4) is 0 Å². The molecule has 0 amide bonds. The Kier molecular flexibility index (Phi) is 8.39. The molecular weight excluding hydrogens is 560 g/mol. The lowest BCUT2D eigenvalue weighted by molar-refractivity contribution is -0.277. The number of carboxylic acid groups (broad SMARTS) is 1. The van der Waals surface area contributed by atoms with Crippen molar-refractivity contribution in [1.29, 1.82) is 0 Å². The van der Waals surface area contributed by atoms with Gasteiger partial charge in [0.15, 0.2) is 0 Å². The summed E-state index contributed by atoms with van der Waals surface area (Å²) in [5, 5.41) is 20.0. The molecular formula is C36H58O8. The minimum Gasteiger partial charge on any atom is -0.481 e. The van der Waals surface area contributed by atoms with Crippen LogP contribution in [0.5, 0.6) is 0 Å². The number of carboxylic acids is 1. The highest BCUT2D eigenvalue weighted by Crippen LogP contribution is 2.75. The van der Waals surface area contributed by atoms with Gasteiger partial charge in [0.2, 0.25) is 0 Å². The third-order valence-corrected chi connectivity index (χ3v) is 14.3. The molecule has 0 aromatic rings. The Morgan fingerprint density at radius 2 is 1.55 bits per heavy atom. The molecule has 1 aliphatic heterocycles. The van der Waals surface area contributed by atoms with Crippen LogP contribution in [0.4, 0.5) is 0 Å². The molecule has 44 heavy (non-hydrogen) atoms. The van der Waals surface area contributed by atoms with Gasteiger partial charge in [-0.25, -0.2) is 0 Å². The van der Waals surface area contributed by atoms with Crippen molar-refractivity contribution in [1.82, 2.24) is 0 Å². The van der Waals surface area contributed by atoms with E-state index < -0.39 is 24.0 Å². The van der Waals surface area contributed by atoms with Gasteiger partial charge in [-0.05, 0) is 113 Å². The van der Waals surface area contributed by atoms with Crippen LogP contribution in [-0.2, 0) is 28.6 Å². The maximum absolute atomic E-state index is 12.7. The van der Waals surface area contributed by atoms with E-state index in [2.05, 4.69) is 41.5 Å². The van der Waals surface area contributed by atoms with Crippen molar-refractivity contribution in [3.8, 4) is 0 Å². The predicted octanol–water partition coefficient (Wildman–Crippen LogP) is 6.70. The number of fused-ring (bicyclic) bond motifs is 5. The zero-order valence-electron chi connectivity index (χ0n) is 28.7. The van der Waals surface area contributed by atoms with Gasteiger partial charge in [-0.3, -0.25) is 14.4 Å². The van der Waals surface area contributed by atoms with Crippen molar-refractivity contribution in [3.05, 3.63) is 0 Å². The van der Waals surface area contributed by atoms with Gasteiger partial charge >= 0.3 is 17.9 Å². The van der Waals surface area contributed by atoms with Crippen LogP contribution in [0.25, 0.3) is 0 Å². The first-order chi connectivity index (χ1) is 20.2. The maximum Gasteiger partial charge on any atom is 0.317 e. The molecule has 8 nitrogen and oxygen atoms in total. The average Bonchev–Trinajstić information content (AvgIpc) is 3.30. The Morgan fingerprint density at radius 1 is 0.864 bits per heavy atom. The SMILES string of the molecule is CC(=O)O[C@@H]1C[C@@H]2[C@@]3(C)CC[C@@H](OC(=O)CC(=O)O)C(C)(C)[C@@H]3CC[C@@]2(C)[C@]2(C)CCCC([C@]3(C)CC[C@H](C(C)(C)O)O3)[C@@H]12. The Balaban J connectivity index is 1.50. The fourth-order valence-electron chi connectivity index (χ4n) is 12.1. The molecule has 11 atom stereocenters. The molecule has 1 heterocycles. The first kappa shape index (κ1) is 33.7. The molecule has 0 bridgehead atoms. The summed E-state index contributed by atoms with van der Waals surface area (Å²) in [6, 6.07) is 0. The number of rotatable bonds is 6. The van der Waals surface area contributed by atoms with E-state index in [1.165, 1.54) is 6.92 Å². The molecule has 1 saturated heterocycles. The topological polar surface area (TPSA) is 119 Å². The van der Waals surface area contributed by atoms with Crippen LogP contribution in [0.15, 0.2) is 0 Å². The second-order valence-corrected chi connectivity index (χ2v) is 17.4. The normalized spacial score (nSPS) is 46.6. The number of hydrogen-bond donors (Lipinski definition) is 2. The Bertz CT molecular complexity index is 1160. The van der Waals surface area contributed by atoms with Crippen molar-refractivity contribution in [2.24, 2.45) is 45.3 Å². The van der Waals surface area contributed by atoms with Crippen LogP contribution >= 0.6 is 0 Å². The molecule has 0 radical (unpaired) electrons. The summed E-state index contributed by atoms with van der Waals surface area (Å²) in [6.07, 6.45) is 8.03. The number of hydrogen-bond acceptors (Lipinski definition) is 7. The van der Waals surface area contributed by atoms with Gasteiger partial charge in [-0.2, -0.15) is 0 Å². The highest BCUT2D eigenvalue weighted by Gasteiger charge is 2.71. The monoisotopic (exact) mass is 618 g/mol. The fourth-order valence-corrected chi connectivity index (χ4v) is 12.1. The van der Waals surface area contributed by atoms with Gasteiger partial charge in [0, 0.05) is 18.3 Å². The molecule has 5 rings (SSSR count). The van der Waals surface area contributed by atoms with Crippen LogP contribution in [0.1, 0.15) is 133 Å². The minimum atomic E-state index is -1.17. The second kappa shape index (κ2) is 11.0. The summed E-state index contributed by atoms with van der Waals surface area (Å²) >= 11 is 0. The molecule has 250 valence electrons. The zero-order chi connectivity index (χ0) is 32.7. The summed E-state index contributed by atoms with van der Waals surface area (Å²) < 4.78 is 19.0. The molecule has 5 aliphatic rings. The number of esters is 2. The first-order valence-electron chi connectivity index (χ1n) is 17.2. The van der Waals surface area contributed by atoms with Crippen molar-refractivity contribution in [2.45, 2.75) is 162 Å². The van der Waals surface area contributed by atoms with E-state index in [1.807, 2.05) is 13.8 Å². The van der Waals surface area contributed by atoms with Gasteiger partial charge in [-0.15, -0.1) is 0 Å². The van der Waals surface area contributed by atoms with Crippen molar-refractivity contribution in [2.75, 3.05) is 0 Å². The maximum atomic E-state index is 12.7. The number of ether oxygens (including phenoxy) is 3. The summed E-state index contributed by atoms with van der Waals surface area (Å²) in [6.45, 7) is 19.3. The van der Waals surface area contributed by atoms with E-state index in [9.17, 15) is 19.5 Å². The predicted molar refractivity (Wildman–Crippen MR) is 165 cm³/mol. The van der Waals surface area contributed by atoms with Gasteiger partial charge in [0.05, 0.1) is 17.3 Å². The summed E-state index contributed by atoms with van der Waals surface area (Å²) in [4.78, 5) is 36.3. The molecule has 1 unspecified atom stereocenters. The van der Waals surface area contributed by atoms with Gasteiger partial charge in [0.25, 0.3) is 0 Å². The van der Waals surface area contributed by atoms with Crippen LogP contribution in [0.2, 0.25) is 0 Å². The van der Waals surface area contributed by atoms with Crippen molar-refractivity contribution in [3.63, 3.8) is 0 Å². The van der Waals surface area contributed by atoms with E-state index in [0.29, 0.717) is 12.3 Å². The van der Waals surface area contributed by atoms with E-state index in [0.717, 1.165) is 57.8 Å². The Morgan fingerprint density at radius 3 is 2.14 bits per heavy atom. The number of carbonyl (C=O) groups excluding carboxylic acids is 2. The van der Waals surface area contributed by atoms with Crippen LogP contribution in [0, 0.1) is 45.3 Å². The lowest BCUT2D eigenvalue weighted by Gasteiger charge is -2.73. The molecule has 8 heteroatoms. The molecule has 2 N–H and O–H groups in total. The van der Waals surface area contributed by atoms with Crippen LogP contribution < -0.4 is 0 Å². The number of aliphatic hydroxyl groups is 1. The zero-order valence-corrected chi connectivity index (χ0v) is 28.7. The molecule has 0 aromatic carbocycles. The van der Waals surface area contributed by atoms with Gasteiger partial charge < -0.3 is 24.4 Å². The molecule has 4 saturated carbocycles. The van der Waals surface area contributed by atoms with Crippen molar-refractivity contribution >= 4 is 17.9 Å². The third-order valence-electron chi connectivity index (χ3n) is 14.3. The quantitative estimate of drug-likeness (QED) is 0.249. The molecule has 5 fully saturated rings. The first-order valence-corrected chi connectivity index (χ1v) is 17.2. The second-order valence-electron chi connectivity index (χ2n) is 17.4. The smallest absolute Gasteiger partial charge is 0.317 e. The number of aliphatic carboxylic acids is 1. The van der Waals surface area contributed by atoms with E-state index in [1.54, 1.807) is 0 Å². The Hall–Kier alpha value is -1.67. The van der Waals surface area contributed by atoms with Crippen molar-refractivity contribution < 1.29 is 38.8 Å². The third kappa shape index (κ3) is 5.22. The fraction of sp³-hybridized carbons (Fsp3) is 0.917. The van der Waals surface area contributed by atoms with Gasteiger partial charge in [-0.1, -0.05) is 41.0 Å². The summed E-state index contributed by atoms with van der Waals surface area (Å²) in [5.74, 6) is -1.08. The lowest BCUT2D eigenvalue weighted by atomic mass is 9.32. The van der Waals surface area contributed by atoms with Gasteiger partial charge in [0.1, 0.15) is 18.6 Å². The van der Waals surface area contributed by atoms with Crippen LogP contribution in [-0.4, -0.2) is 57.6 Å². The average molecular weight is 619 g/mol. The van der Waals surface area contributed by atoms with E-state index in [-0.39, 0.29) is 69.3 Å². The summed E-state index contributed by atoms with van der Waals surface area (Å²) in [5.41, 5.74) is -1.71. The molecule has 4 aliphatic carbocycles. The molecule has 0 spiro atoms. The lowest BCUT2D eigenvalue weighted by Crippen LogP contribution is -2.69. The standard InChI is InChI=1S/C36H58O8/c1-21(37)42-23-19-25-33(6)16-13-26(43-29(40)20-28(38)39)31(2,3)24(33)12-17-34(25,7)35(8)15-10-11-22(30(23)35)36(9)18-14-27(44-36)32(4,5)41/h22-27,30,41H,10-20H2,1-9H3,(H,38,39)/t22?,23-,24+,25-,26-,27-,30+,33+,34-,35-,36+/m1/s1. The van der Waals surface area contributed by atoms with E-state index in [4.69, 9.17) is 19.3 Å². The minimum absolute atomic E-state index is 0.0196. The number of carbonyl (C=O) groups is 3. The highest BCUT2D eigenvalue weighted by molar-refractivity contribution is 5.90. The Labute approximate surface area is 264 Å². The molecule has 0 aromatic heterocycles. The van der Waals surface area contributed by atoms with E-state index >= 15 is 0 Å². The highest BCUT2D eigenvalue weighted by atomic mass is 16.6.